The first-order chi connectivity index (χ1) is 29.1. The predicted molar refractivity (Wildman–Crippen MR) is 214 cm³/mol. The van der Waals surface area contributed by atoms with Crippen molar-refractivity contribution in [1.29, 1.82) is 0 Å². The number of alkyl carbamates (subject to hydrolysis) is 1. The molecule has 60 heavy (non-hydrogen) atoms. The molecule has 2 fully saturated rings. The zero-order valence-electron chi connectivity index (χ0n) is 33.0. The summed E-state index contributed by atoms with van der Waals surface area (Å²) in [5.74, 6) is -0.418. The number of amides is 2. The number of ether oxygens (including phenoxy) is 6. The van der Waals surface area contributed by atoms with E-state index in [0.717, 1.165) is 16.8 Å². The van der Waals surface area contributed by atoms with Gasteiger partial charge in [-0.15, -0.1) is 5.10 Å². The van der Waals surface area contributed by atoms with Crippen molar-refractivity contribution in [3.63, 3.8) is 0 Å². The Morgan fingerprint density at radius 2 is 1.70 bits per heavy atom. The number of nitro groups is 1. The Balaban J connectivity index is 0.974. The lowest BCUT2D eigenvalue weighted by Crippen LogP contribution is -2.55. The number of thioether (sulfide) groups is 1. The van der Waals surface area contributed by atoms with Crippen LogP contribution in [0.5, 0.6) is 28.7 Å². The molecular formula is C40H43N7O12S. The number of piperazine rings is 1. The molecule has 20 heteroatoms. The highest BCUT2D eigenvalue weighted by atomic mass is 32.2. The summed E-state index contributed by atoms with van der Waals surface area (Å²) in [7, 11) is 2.87. The Labute approximate surface area is 347 Å². The third-order valence-electron chi connectivity index (χ3n) is 11.4. The molecule has 19 nitrogen and oxygen atoms in total. The fourth-order valence-electron chi connectivity index (χ4n) is 8.49. The van der Waals surface area contributed by atoms with Gasteiger partial charge in [-0.05, 0) is 71.5 Å². The van der Waals surface area contributed by atoms with Crippen LogP contribution in [0.4, 0.5) is 16.2 Å². The number of carbonyl (C=O) groups is 3. The van der Waals surface area contributed by atoms with Crippen LogP contribution in [0.2, 0.25) is 0 Å². The van der Waals surface area contributed by atoms with Gasteiger partial charge in [-0.1, -0.05) is 5.21 Å². The van der Waals surface area contributed by atoms with Crippen LogP contribution in [0.3, 0.4) is 0 Å². The number of non-ortho nitro benzene ring substituents is 1. The number of fused-ring (bicyclic) bond motifs is 3. The zero-order chi connectivity index (χ0) is 42.1. The van der Waals surface area contributed by atoms with E-state index in [-0.39, 0.29) is 48.8 Å². The number of hydrogen-bond acceptors (Lipinski definition) is 16. The number of rotatable bonds is 13. The summed E-state index contributed by atoms with van der Waals surface area (Å²) in [6.07, 6.45) is 3.17. The summed E-state index contributed by atoms with van der Waals surface area (Å²) in [6.45, 7) is 1.75. The largest absolute Gasteiger partial charge is 0.502 e. The summed E-state index contributed by atoms with van der Waals surface area (Å²) >= 11 is 1.55. The number of anilines is 1. The number of nitro benzene ring substituents is 1. The summed E-state index contributed by atoms with van der Waals surface area (Å²) in [4.78, 5) is 54.9. The first kappa shape index (κ1) is 40.3. The van der Waals surface area contributed by atoms with Crippen LogP contribution in [-0.2, 0) is 25.7 Å². The third-order valence-corrected chi connectivity index (χ3v) is 12.1. The van der Waals surface area contributed by atoms with Crippen molar-refractivity contribution in [2.24, 2.45) is 11.8 Å². The minimum absolute atomic E-state index is 0.00979. The van der Waals surface area contributed by atoms with Crippen molar-refractivity contribution in [3.05, 3.63) is 87.2 Å². The first-order valence-corrected chi connectivity index (χ1v) is 20.6. The second-order valence-electron chi connectivity index (χ2n) is 14.7. The number of phenolic OH excluding ortho intramolecular Hbond substituents is 1. The molecule has 0 radical (unpaired) electrons. The van der Waals surface area contributed by atoms with E-state index in [1.807, 2.05) is 18.4 Å². The smallest absolute Gasteiger partial charge is 0.408 e. The topological polar surface area (TPSA) is 219 Å². The Morgan fingerprint density at radius 1 is 1.02 bits per heavy atom. The van der Waals surface area contributed by atoms with Crippen molar-refractivity contribution >= 4 is 41.1 Å². The highest BCUT2D eigenvalue weighted by Gasteiger charge is 2.53. The van der Waals surface area contributed by atoms with Crippen LogP contribution in [0.1, 0.15) is 40.8 Å². The minimum Gasteiger partial charge on any atom is -0.502 e. The van der Waals surface area contributed by atoms with Crippen molar-refractivity contribution in [3.8, 4) is 28.7 Å². The van der Waals surface area contributed by atoms with E-state index in [9.17, 15) is 29.6 Å². The van der Waals surface area contributed by atoms with Crippen molar-refractivity contribution in [2.75, 3.05) is 70.7 Å². The van der Waals surface area contributed by atoms with Crippen molar-refractivity contribution in [1.82, 2.24) is 25.2 Å². The number of phenols is 1. The van der Waals surface area contributed by atoms with Gasteiger partial charge in [-0.2, -0.15) is 11.8 Å². The van der Waals surface area contributed by atoms with Crippen molar-refractivity contribution < 1.29 is 52.8 Å². The number of methoxy groups -OCH3 is 2. The molecule has 1 aliphatic carbocycles. The fourth-order valence-corrected chi connectivity index (χ4v) is 8.96. The van der Waals surface area contributed by atoms with Gasteiger partial charge in [0, 0.05) is 55.8 Å². The molecule has 2 amide bonds. The Morgan fingerprint density at radius 3 is 2.35 bits per heavy atom. The lowest BCUT2D eigenvalue weighted by atomic mass is 9.65. The predicted octanol–water partition coefficient (Wildman–Crippen LogP) is 3.86. The molecular weight excluding hydrogens is 803 g/mol. The highest BCUT2D eigenvalue weighted by molar-refractivity contribution is 7.98. The molecule has 0 spiro atoms. The van der Waals surface area contributed by atoms with Crippen LogP contribution in [-0.4, -0.2) is 120 Å². The first-order valence-electron chi connectivity index (χ1n) is 19.2. The monoisotopic (exact) mass is 845 g/mol. The van der Waals surface area contributed by atoms with E-state index >= 15 is 0 Å². The number of aromatic hydroxyl groups is 1. The van der Waals surface area contributed by atoms with Crippen LogP contribution in [0.15, 0.2) is 54.7 Å². The standard InChI is InChI=1S/C40H43N7O12S/c1-54-32-14-22(15-33(55-2)37(32)48)34-26-16-30-31(59-21-58-30)17-27(26)36(28-20-56-39(50)35(28)34)46-18-23(42-43-46)19-57-40(51)41-29(8-13-60-3)38(49)45-11-9-44(10-12-45)24-4-6-25(7-5-24)47(52)53/h4-7,14-18,28-29,34-36,48H,8-13,19-21H2,1-3H3,(H,41,51)/t28-,29-,34+,35-,36+/m0/s1. The van der Waals surface area contributed by atoms with Gasteiger partial charge in [0.25, 0.3) is 5.69 Å². The zero-order valence-corrected chi connectivity index (χ0v) is 33.8. The third kappa shape index (κ3) is 7.73. The molecule has 0 unspecified atom stereocenters. The van der Waals surface area contributed by atoms with E-state index < -0.39 is 46.8 Å². The fraction of sp³-hybridized carbons (Fsp3) is 0.425. The average molecular weight is 846 g/mol. The molecule has 2 saturated heterocycles. The Bertz CT molecular complexity index is 2260. The average Bonchev–Trinajstić information content (AvgIpc) is 4.03. The second-order valence-corrected chi connectivity index (χ2v) is 15.7. The van der Waals surface area contributed by atoms with E-state index in [4.69, 9.17) is 28.4 Å². The molecule has 0 saturated carbocycles. The van der Waals surface area contributed by atoms with Gasteiger partial charge in [0.1, 0.15) is 18.3 Å². The lowest BCUT2D eigenvalue weighted by molar-refractivity contribution is -0.384. The van der Waals surface area contributed by atoms with Gasteiger partial charge in [0.05, 0.1) is 43.9 Å². The summed E-state index contributed by atoms with van der Waals surface area (Å²) in [5, 5.41) is 33.2. The van der Waals surface area contributed by atoms with Gasteiger partial charge < -0.3 is 48.6 Å². The number of cyclic esters (lactones) is 1. The number of nitrogens with one attached hydrogen (secondary N) is 1. The van der Waals surface area contributed by atoms with E-state index in [1.54, 1.807) is 51.8 Å². The maximum absolute atomic E-state index is 13.7. The molecule has 1 aromatic heterocycles. The molecule has 8 rings (SSSR count). The van der Waals surface area contributed by atoms with Gasteiger partial charge in [0.2, 0.25) is 18.4 Å². The number of carbonyl (C=O) groups excluding carboxylic acids is 3. The van der Waals surface area contributed by atoms with Crippen LogP contribution in [0, 0.1) is 22.0 Å². The maximum atomic E-state index is 13.7. The molecule has 2 N–H and O–H groups in total. The molecule has 4 aromatic rings. The van der Waals surface area contributed by atoms with Crippen LogP contribution >= 0.6 is 11.8 Å². The van der Waals surface area contributed by atoms with Gasteiger partial charge in [-0.3, -0.25) is 19.7 Å². The van der Waals surface area contributed by atoms with Crippen LogP contribution in [0.25, 0.3) is 0 Å². The Kier molecular flexibility index (Phi) is 11.5. The SMILES string of the molecule is COc1cc([C@@H]2c3cc4c(cc3[C@@H](n3cc(COC(=O)N[C@@H](CCSC)C(=O)N5CCN(c6ccc([N+](=O)[O-])cc6)CC5)nn3)[C@H]3COC(=O)[C@H]23)OCO4)cc(OC)c1O. The van der Waals surface area contributed by atoms with Gasteiger partial charge in [-0.25, -0.2) is 9.48 Å². The van der Waals surface area contributed by atoms with E-state index in [0.29, 0.717) is 61.1 Å². The molecule has 4 heterocycles. The van der Waals surface area contributed by atoms with E-state index in [1.165, 1.54) is 26.4 Å². The second kappa shape index (κ2) is 17.0. The number of esters is 1. The lowest BCUT2D eigenvalue weighted by Gasteiger charge is -2.39. The van der Waals surface area contributed by atoms with Gasteiger partial charge >= 0.3 is 12.1 Å². The van der Waals surface area contributed by atoms with E-state index in [2.05, 4.69) is 20.5 Å². The molecule has 4 aliphatic rings. The van der Waals surface area contributed by atoms with Crippen LogP contribution < -0.4 is 29.2 Å². The molecule has 3 aromatic carbocycles. The Hall–Kier alpha value is -6.44. The number of nitrogens with zero attached hydrogens (tertiary/aromatic N) is 6. The molecule has 5 atom stereocenters. The van der Waals surface area contributed by atoms with Crippen molar-refractivity contribution in [2.45, 2.75) is 31.0 Å². The molecule has 3 aliphatic heterocycles. The number of aromatic nitrogens is 3. The minimum atomic E-state index is -0.823. The maximum Gasteiger partial charge on any atom is 0.408 e. The summed E-state index contributed by atoms with van der Waals surface area (Å²) in [6, 6.07) is 12.0. The molecule has 316 valence electrons. The number of benzene rings is 3. The summed E-state index contributed by atoms with van der Waals surface area (Å²) in [5.41, 5.74) is 3.37. The normalized spacial score (nSPS) is 20.8. The quantitative estimate of drug-likeness (QED) is 0.111. The number of hydrogen-bond donors (Lipinski definition) is 2. The summed E-state index contributed by atoms with van der Waals surface area (Å²) < 4.78 is 35.4. The molecule has 0 bridgehead atoms. The van der Waals surface area contributed by atoms with Gasteiger partial charge in [0.15, 0.2) is 23.0 Å². The highest BCUT2D eigenvalue weighted by Crippen LogP contribution is 2.56.